The Bertz CT molecular complexity index is 683. The molecule has 0 aliphatic rings. The van der Waals surface area contributed by atoms with E-state index < -0.39 is 0 Å². The predicted molar refractivity (Wildman–Crippen MR) is 70.7 cm³/mol. The van der Waals surface area contributed by atoms with E-state index in [1.807, 2.05) is 19.1 Å². The molecular weight excluding hydrogens is 210 g/mol. The third kappa shape index (κ3) is 1.56. The van der Waals surface area contributed by atoms with Crippen LogP contribution in [0.4, 0.5) is 5.82 Å². The van der Waals surface area contributed by atoms with Crippen molar-refractivity contribution in [3.05, 3.63) is 48.0 Å². The van der Waals surface area contributed by atoms with Gasteiger partial charge in [-0.2, -0.15) is 5.10 Å². The number of hydrogen-bond donors (Lipinski definition) is 2. The summed E-state index contributed by atoms with van der Waals surface area (Å²) < 4.78 is 0. The lowest BCUT2D eigenvalue weighted by Gasteiger charge is -2.02. The van der Waals surface area contributed by atoms with Crippen LogP contribution >= 0.6 is 0 Å². The molecule has 0 spiro atoms. The maximum atomic E-state index is 5.75. The van der Waals surface area contributed by atoms with E-state index in [0.29, 0.717) is 5.82 Å². The molecule has 0 bridgehead atoms. The molecular formula is C14H13N3. The molecule has 0 amide bonds. The Morgan fingerprint density at radius 2 is 1.82 bits per heavy atom. The number of nitrogens with zero attached hydrogens (tertiary/aromatic N) is 1. The van der Waals surface area contributed by atoms with E-state index in [4.69, 9.17) is 5.73 Å². The van der Waals surface area contributed by atoms with Crippen molar-refractivity contribution in [3.63, 3.8) is 0 Å². The van der Waals surface area contributed by atoms with Gasteiger partial charge in [-0.3, -0.25) is 5.10 Å². The first-order valence-electron chi connectivity index (χ1n) is 5.55. The zero-order valence-corrected chi connectivity index (χ0v) is 9.57. The van der Waals surface area contributed by atoms with E-state index >= 15 is 0 Å². The fourth-order valence-electron chi connectivity index (χ4n) is 2.04. The molecule has 2 aromatic carbocycles. The highest BCUT2D eigenvalue weighted by molar-refractivity contribution is 5.87. The van der Waals surface area contributed by atoms with Crippen molar-refractivity contribution in [1.29, 1.82) is 0 Å². The minimum atomic E-state index is 0.563. The highest BCUT2D eigenvalue weighted by Crippen LogP contribution is 2.27. The Labute approximate surface area is 99.3 Å². The fourth-order valence-corrected chi connectivity index (χ4v) is 2.04. The van der Waals surface area contributed by atoms with Crippen molar-refractivity contribution >= 4 is 16.6 Å². The van der Waals surface area contributed by atoms with Gasteiger partial charge in [-0.15, -0.1) is 0 Å². The number of nitrogens with one attached hydrogen (secondary N) is 1. The summed E-state index contributed by atoms with van der Waals surface area (Å²) >= 11 is 0. The summed E-state index contributed by atoms with van der Waals surface area (Å²) in [6.45, 7) is 1.98. The third-order valence-electron chi connectivity index (χ3n) is 3.09. The van der Waals surface area contributed by atoms with Gasteiger partial charge >= 0.3 is 0 Å². The SMILES string of the molecule is Cc1c(N)n[nH]c1-c1ccc2ccccc2c1. The number of nitrogens with two attached hydrogens (primary N) is 1. The summed E-state index contributed by atoms with van der Waals surface area (Å²) in [7, 11) is 0. The Kier molecular flexibility index (Phi) is 2.11. The molecule has 0 saturated heterocycles. The van der Waals surface area contributed by atoms with Gasteiger partial charge in [-0.1, -0.05) is 36.4 Å². The first kappa shape index (κ1) is 9.90. The number of aromatic amines is 1. The van der Waals surface area contributed by atoms with Gasteiger partial charge in [-0.25, -0.2) is 0 Å². The maximum Gasteiger partial charge on any atom is 0.148 e. The summed E-state index contributed by atoms with van der Waals surface area (Å²) in [4.78, 5) is 0. The lowest BCUT2D eigenvalue weighted by molar-refractivity contribution is 1.10. The average molecular weight is 223 g/mol. The van der Waals surface area contributed by atoms with Crippen molar-refractivity contribution in [2.45, 2.75) is 6.92 Å². The maximum absolute atomic E-state index is 5.75. The van der Waals surface area contributed by atoms with E-state index in [0.717, 1.165) is 16.8 Å². The second-order valence-electron chi connectivity index (χ2n) is 4.17. The lowest BCUT2D eigenvalue weighted by Crippen LogP contribution is -1.86. The number of H-pyrrole nitrogens is 1. The molecule has 17 heavy (non-hydrogen) atoms. The van der Waals surface area contributed by atoms with Crippen molar-refractivity contribution < 1.29 is 0 Å². The van der Waals surface area contributed by atoms with Crippen LogP contribution in [0, 0.1) is 6.92 Å². The Morgan fingerprint density at radius 3 is 2.53 bits per heavy atom. The molecule has 0 radical (unpaired) electrons. The van der Waals surface area contributed by atoms with Crippen LogP contribution in [-0.4, -0.2) is 10.2 Å². The number of nitrogen functional groups attached to an aromatic ring is 1. The zero-order chi connectivity index (χ0) is 11.8. The van der Waals surface area contributed by atoms with Crippen LogP contribution < -0.4 is 5.73 Å². The summed E-state index contributed by atoms with van der Waals surface area (Å²) in [5.74, 6) is 0.563. The number of anilines is 1. The molecule has 1 aromatic heterocycles. The number of benzene rings is 2. The second-order valence-corrected chi connectivity index (χ2v) is 4.17. The van der Waals surface area contributed by atoms with Crippen LogP contribution in [0.2, 0.25) is 0 Å². The van der Waals surface area contributed by atoms with Gasteiger partial charge in [0, 0.05) is 11.1 Å². The van der Waals surface area contributed by atoms with Gasteiger partial charge in [0.25, 0.3) is 0 Å². The molecule has 1 heterocycles. The van der Waals surface area contributed by atoms with E-state index in [9.17, 15) is 0 Å². The molecule has 0 fully saturated rings. The molecule has 0 aliphatic heterocycles. The van der Waals surface area contributed by atoms with Gasteiger partial charge in [0.1, 0.15) is 5.82 Å². The monoisotopic (exact) mass is 223 g/mol. The van der Waals surface area contributed by atoms with Gasteiger partial charge in [0.15, 0.2) is 0 Å². The quantitative estimate of drug-likeness (QED) is 0.666. The Balaban J connectivity index is 2.21. The van der Waals surface area contributed by atoms with Crippen LogP contribution in [0.3, 0.4) is 0 Å². The molecule has 3 N–H and O–H groups in total. The molecule has 3 heteroatoms. The van der Waals surface area contributed by atoms with Crippen LogP contribution in [0.1, 0.15) is 5.56 Å². The van der Waals surface area contributed by atoms with Crippen LogP contribution in [0.25, 0.3) is 22.0 Å². The van der Waals surface area contributed by atoms with Crippen molar-refractivity contribution in [2.24, 2.45) is 0 Å². The van der Waals surface area contributed by atoms with Crippen LogP contribution in [0.15, 0.2) is 42.5 Å². The predicted octanol–water partition coefficient (Wildman–Crippen LogP) is 3.12. The lowest BCUT2D eigenvalue weighted by atomic mass is 10.0. The number of aromatic nitrogens is 2. The number of fused-ring (bicyclic) bond motifs is 1. The van der Waals surface area contributed by atoms with Crippen molar-refractivity contribution in [2.75, 3.05) is 5.73 Å². The fraction of sp³-hybridized carbons (Fsp3) is 0.0714. The van der Waals surface area contributed by atoms with Crippen LogP contribution in [0.5, 0.6) is 0 Å². The van der Waals surface area contributed by atoms with Crippen molar-refractivity contribution in [3.8, 4) is 11.3 Å². The summed E-state index contributed by atoms with van der Waals surface area (Å²) in [6.07, 6.45) is 0. The van der Waals surface area contributed by atoms with E-state index in [-0.39, 0.29) is 0 Å². The zero-order valence-electron chi connectivity index (χ0n) is 9.57. The minimum Gasteiger partial charge on any atom is -0.382 e. The Hall–Kier alpha value is -2.29. The molecule has 3 nitrogen and oxygen atoms in total. The summed E-state index contributed by atoms with van der Waals surface area (Å²) in [5, 5.41) is 9.46. The molecule has 0 atom stereocenters. The first-order chi connectivity index (χ1) is 8.25. The van der Waals surface area contributed by atoms with E-state index in [1.54, 1.807) is 0 Å². The number of rotatable bonds is 1. The highest BCUT2D eigenvalue weighted by Gasteiger charge is 2.08. The minimum absolute atomic E-state index is 0.563. The highest BCUT2D eigenvalue weighted by atomic mass is 15.2. The average Bonchev–Trinajstić information content (AvgIpc) is 2.70. The normalized spacial score (nSPS) is 10.9. The molecule has 0 unspecified atom stereocenters. The molecule has 3 rings (SSSR count). The number of hydrogen-bond acceptors (Lipinski definition) is 2. The Morgan fingerprint density at radius 1 is 1.06 bits per heavy atom. The largest absolute Gasteiger partial charge is 0.382 e. The summed E-state index contributed by atoms with van der Waals surface area (Å²) in [6, 6.07) is 14.6. The smallest absolute Gasteiger partial charge is 0.148 e. The van der Waals surface area contributed by atoms with Gasteiger partial charge < -0.3 is 5.73 Å². The van der Waals surface area contributed by atoms with Gasteiger partial charge in [0.05, 0.1) is 5.69 Å². The molecule has 0 aliphatic carbocycles. The first-order valence-corrected chi connectivity index (χ1v) is 5.55. The van der Waals surface area contributed by atoms with E-state index in [2.05, 4.69) is 40.5 Å². The molecule has 0 saturated carbocycles. The summed E-state index contributed by atoms with van der Waals surface area (Å²) in [5.41, 5.74) is 8.86. The molecule has 84 valence electrons. The second kappa shape index (κ2) is 3.63. The molecule has 3 aromatic rings. The topological polar surface area (TPSA) is 54.7 Å². The van der Waals surface area contributed by atoms with Crippen molar-refractivity contribution in [1.82, 2.24) is 10.2 Å². The standard InChI is InChI=1S/C14H13N3/c1-9-13(16-17-14(9)15)12-7-6-10-4-2-3-5-11(10)8-12/h2-8H,1H3,(H3,15,16,17). The van der Waals surface area contributed by atoms with Crippen LogP contribution in [-0.2, 0) is 0 Å². The van der Waals surface area contributed by atoms with Gasteiger partial charge in [0.2, 0.25) is 0 Å². The van der Waals surface area contributed by atoms with Gasteiger partial charge in [-0.05, 0) is 23.8 Å². The van der Waals surface area contributed by atoms with E-state index in [1.165, 1.54) is 10.8 Å². The third-order valence-corrected chi connectivity index (χ3v) is 3.09.